The van der Waals surface area contributed by atoms with E-state index in [1.54, 1.807) is 38.5 Å². The molecule has 0 aliphatic heterocycles. The van der Waals surface area contributed by atoms with Crippen molar-refractivity contribution in [1.82, 2.24) is 4.98 Å². The van der Waals surface area contributed by atoms with Gasteiger partial charge in [-0.05, 0) is 48.2 Å². The summed E-state index contributed by atoms with van der Waals surface area (Å²) in [6.45, 7) is 0. The zero-order valence-electron chi connectivity index (χ0n) is 12.9. The number of hydrogen-bond donors (Lipinski definition) is 1. The van der Waals surface area contributed by atoms with Crippen molar-refractivity contribution in [3.8, 4) is 11.5 Å². The van der Waals surface area contributed by atoms with Gasteiger partial charge in [0.15, 0.2) is 16.8 Å². The van der Waals surface area contributed by atoms with Gasteiger partial charge in [-0.2, -0.15) is 0 Å². The van der Waals surface area contributed by atoms with Gasteiger partial charge >= 0.3 is 5.16 Å². The molecule has 1 aromatic heterocycles. The molecule has 23 heavy (non-hydrogen) atoms. The number of carbonyl (C=O) groups excluding carboxylic acids is 1. The Balaban J connectivity index is 1.68. The molecular weight excluding hydrogens is 312 g/mol. The fourth-order valence-electron chi connectivity index (χ4n) is 2.21. The van der Waals surface area contributed by atoms with E-state index in [1.807, 2.05) is 18.2 Å². The van der Waals surface area contributed by atoms with E-state index < -0.39 is 0 Å². The lowest BCUT2D eigenvalue weighted by molar-refractivity contribution is -0.396. The van der Waals surface area contributed by atoms with Gasteiger partial charge in [-0.15, -0.1) is 0 Å². The third kappa shape index (κ3) is 3.48. The van der Waals surface area contributed by atoms with Gasteiger partial charge < -0.3 is 9.47 Å². The minimum absolute atomic E-state index is 0.0716. The average molecular weight is 329 g/mol. The Morgan fingerprint density at radius 2 is 1.78 bits per heavy atom. The van der Waals surface area contributed by atoms with Crippen molar-refractivity contribution in [2.24, 2.45) is 0 Å². The monoisotopic (exact) mass is 329 g/mol. The Morgan fingerprint density at radius 1 is 1.09 bits per heavy atom. The van der Waals surface area contributed by atoms with Crippen molar-refractivity contribution in [1.29, 1.82) is 0 Å². The highest BCUT2D eigenvalue weighted by atomic mass is 32.2. The number of rotatable bonds is 6. The van der Waals surface area contributed by atoms with Gasteiger partial charge in [-0.1, -0.05) is 0 Å². The summed E-state index contributed by atoms with van der Waals surface area (Å²) in [5.41, 5.74) is 2.60. The topological polar surface area (TPSA) is 65.5 Å². The summed E-state index contributed by atoms with van der Waals surface area (Å²) >= 11 is 1.44. The molecule has 118 valence electrons. The van der Waals surface area contributed by atoms with Gasteiger partial charge in [-0.25, -0.2) is 9.97 Å². The minimum atomic E-state index is 0.0716. The second kappa shape index (κ2) is 6.75. The predicted molar refractivity (Wildman–Crippen MR) is 89.5 cm³/mol. The molecular formula is C17H17N2O3S+. The summed E-state index contributed by atoms with van der Waals surface area (Å²) in [4.78, 5) is 18.7. The minimum Gasteiger partial charge on any atom is -0.497 e. The van der Waals surface area contributed by atoms with Gasteiger partial charge in [-0.3, -0.25) is 4.79 Å². The average Bonchev–Trinajstić information content (AvgIpc) is 3.01. The summed E-state index contributed by atoms with van der Waals surface area (Å²) < 4.78 is 10.3. The molecule has 0 aliphatic carbocycles. The van der Waals surface area contributed by atoms with Crippen molar-refractivity contribution >= 4 is 28.6 Å². The molecule has 0 unspecified atom stereocenters. The van der Waals surface area contributed by atoms with Crippen LogP contribution in [0.25, 0.3) is 11.0 Å². The molecule has 0 saturated carbocycles. The Kier molecular flexibility index (Phi) is 4.52. The molecule has 2 aromatic carbocycles. The van der Waals surface area contributed by atoms with Crippen molar-refractivity contribution in [3.63, 3.8) is 0 Å². The van der Waals surface area contributed by atoms with Crippen LogP contribution < -0.4 is 14.5 Å². The van der Waals surface area contributed by atoms with Crippen LogP contribution in [-0.4, -0.2) is 30.7 Å². The third-order valence-electron chi connectivity index (χ3n) is 3.48. The Hall–Kier alpha value is -2.47. The van der Waals surface area contributed by atoms with E-state index >= 15 is 0 Å². The number of fused-ring (bicyclic) bond motifs is 1. The summed E-state index contributed by atoms with van der Waals surface area (Å²) in [5, 5.41) is 0.843. The SMILES string of the molecule is COc1ccc(C(=O)CSc2[nH]c3cc(OC)ccc3[nH+]2)cc1. The molecule has 3 rings (SSSR count). The molecule has 5 nitrogen and oxygen atoms in total. The van der Waals surface area contributed by atoms with Crippen LogP contribution in [0.1, 0.15) is 10.4 Å². The van der Waals surface area contributed by atoms with Gasteiger partial charge in [0.1, 0.15) is 11.5 Å². The van der Waals surface area contributed by atoms with Gasteiger partial charge in [0.05, 0.1) is 20.0 Å². The summed E-state index contributed by atoms with van der Waals surface area (Å²) in [7, 11) is 3.24. The highest BCUT2D eigenvalue weighted by Gasteiger charge is 2.14. The molecule has 3 aromatic rings. The van der Waals surface area contributed by atoms with Crippen molar-refractivity contribution in [3.05, 3.63) is 48.0 Å². The smallest absolute Gasteiger partial charge is 0.314 e. The standard InChI is InChI=1S/C17H16N2O3S/c1-21-12-5-3-11(4-6-12)16(20)10-23-17-18-14-8-7-13(22-2)9-15(14)19-17/h3-9H,10H2,1-2H3,(H,18,19)/p+1. The first-order chi connectivity index (χ1) is 11.2. The van der Waals surface area contributed by atoms with E-state index in [2.05, 4.69) is 9.97 Å². The van der Waals surface area contributed by atoms with E-state index in [0.29, 0.717) is 11.3 Å². The van der Waals surface area contributed by atoms with Crippen LogP contribution in [0.5, 0.6) is 11.5 Å². The lowest BCUT2D eigenvalue weighted by Crippen LogP contribution is -2.06. The molecule has 0 aliphatic rings. The molecule has 0 amide bonds. The quantitative estimate of drug-likeness (QED) is 0.558. The van der Waals surface area contributed by atoms with E-state index in [4.69, 9.17) is 9.47 Å². The number of thioether (sulfide) groups is 1. The molecule has 0 saturated heterocycles. The third-order valence-corrected chi connectivity index (χ3v) is 4.38. The van der Waals surface area contributed by atoms with Crippen LogP contribution in [0.4, 0.5) is 0 Å². The number of benzene rings is 2. The number of methoxy groups -OCH3 is 2. The Bertz CT molecular complexity index is 827. The van der Waals surface area contributed by atoms with Crippen LogP contribution >= 0.6 is 11.8 Å². The maximum Gasteiger partial charge on any atom is 0.314 e. The molecule has 0 bridgehead atoms. The van der Waals surface area contributed by atoms with Crippen LogP contribution in [0.3, 0.4) is 0 Å². The van der Waals surface area contributed by atoms with Crippen molar-refractivity contribution in [2.45, 2.75) is 5.16 Å². The largest absolute Gasteiger partial charge is 0.497 e. The number of ketones is 1. The molecule has 0 spiro atoms. The Labute approximate surface area is 138 Å². The number of Topliss-reactive ketones (excluding diaryl/α,β-unsaturated/α-hetero) is 1. The molecule has 0 fully saturated rings. The molecule has 0 radical (unpaired) electrons. The van der Waals surface area contributed by atoms with Crippen molar-refractivity contribution in [2.75, 3.05) is 20.0 Å². The number of hydrogen-bond acceptors (Lipinski definition) is 4. The second-order valence-electron chi connectivity index (χ2n) is 4.93. The maximum atomic E-state index is 12.2. The van der Waals surface area contributed by atoms with Gasteiger partial charge in [0.25, 0.3) is 0 Å². The molecule has 6 heteroatoms. The summed E-state index contributed by atoms with van der Waals surface area (Å²) in [5.74, 6) is 1.96. The zero-order valence-corrected chi connectivity index (χ0v) is 13.7. The van der Waals surface area contributed by atoms with Crippen LogP contribution in [0.2, 0.25) is 0 Å². The zero-order chi connectivity index (χ0) is 16.2. The highest BCUT2D eigenvalue weighted by Crippen LogP contribution is 2.21. The fourth-order valence-corrected chi connectivity index (χ4v) is 3.02. The van der Waals surface area contributed by atoms with Crippen LogP contribution in [0.15, 0.2) is 47.6 Å². The normalized spacial score (nSPS) is 10.7. The lowest BCUT2D eigenvalue weighted by Gasteiger charge is -2.01. The lowest BCUT2D eigenvalue weighted by atomic mass is 10.1. The number of carbonyl (C=O) groups is 1. The van der Waals surface area contributed by atoms with Crippen LogP contribution in [0, 0.1) is 0 Å². The maximum absolute atomic E-state index is 12.2. The van der Waals surface area contributed by atoms with E-state index in [9.17, 15) is 4.79 Å². The number of nitrogens with one attached hydrogen (secondary N) is 2. The Morgan fingerprint density at radius 3 is 2.48 bits per heavy atom. The number of aromatic nitrogens is 2. The number of imidazole rings is 1. The van der Waals surface area contributed by atoms with E-state index in [-0.39, 0.29) is 5.78 Å². The molecule has 2 N–H and O–H groups in total. The van der Waals surface area contributed by atoms with Crippen molar-refractivity contribution < 1.29 is 19.3 Å². The first-order valence-corrected chi connectivity index (χ1v) is 8.07. The van der Waals surface area contributed by atoms with Gasteiger partial charge in [0.2, 0.25) is 0 Å². The highest BCUT2D eigenvalue weighted by molar-refractivity contribution is 7.99. The second-order valence-corrected chi connectivity index (χ2v) is 5.92. The van der Waals surface area contributed by atoms with E-state index in [0.717, 1.165) is 27.7 Å². The number of aromatic amines is 2. The van der Waals surface area contributed by atoms with Gasteiger partial charge in [0, 0.05) is 11.6 Å². The number of H-pyrrole nitrogens is 2. The van der Waals surface area contributed by atoms with E-state index in [1.165, 1.54) is 11.8 Å². The molecule has 0 atom stereocenters. The fraction of sp³-hybridized carbons (Fsp3) is 0.176. The summed E-state index contributed by atoms with van der Waals surface area (Å²) in [6.07, 6.45) is 0. The first kappa shape index (κ1) is 15.4. The first-order valence-electron chi connectivity index (χ1n) is 7.08. The van der Waals surface area contributed by atoms with Crippen LogP contribution in [-0.2, 0) is 0 Å². The predicted octanol–water partition coefficient (Wildman–Crippen LogP) is 2.97. The summed E-state index contributed by atoms with van der Waals surface area (Å²) in [6, 6.07) is 12.9. The molecule has 1 heterocycles. The number of ether oxygens (including phenoxy) is 2.